The van der Waals surface area contributed by atoms with Gasteiger partial charge in [-0.25, -0.2) is 9.59 Å². The molecule has 5 heterocycles. The van der Waals surface area contributed by atoms with E-state index in [0.29, 0.717) is 17.6 Å². The summed E-state index contributed by atoms with van der Waals surface area (Å²) < 4.78 is 67.9. The largest absolute Gasteiger partial charge is 0.762 e. The molecule has 0 aromatic carbocycles. The quantitative estimate of drug-likeness (QED) is 0.0449. The second-order valence-electron chi connectivity index (χ2n) is 25.8. The fourth-order valence-electron chi connectivity index (χ4n) is 15.7. The Morgan fingerprint density at radius 1 is 0.762 bits per heavy atom. The summed E-state index contributed by atoms with van der Waals surface area (Å²) in [5.74, 6) is -5.36. The first kappa shape index (κ1) is 64.5. The van der Waals surface area contributed by atoms with Gasteiger partial charge in [-0.05, 0) is 96.1 Å². The molecule has 0 aromatic rings. The SMILES string of the molecule is COC(=O)N[C@@H]1[C@H](C)O[C@@H](OC2CC=C(C)[C@H]3C=C[C@H]4[C@H](O[C@@H]5C[C@@H](O[C@@H]6C[C@@H](O)[C@@H](O[C@@H]7C[C@@H](O)[C@@H](OC)[C@H](C)O7)[C@H](C)O6)[C@@H](O)[C@H](C)O5)[C@H](C)C[C@@H](C)[C@@H]4[C@@]3(C)C(O)=C3C(=O)OC4(C[C@H](C)C(C=O)=C[C@H]4C=C2C)C3=O)C[C@@]1(C)N([O-])O. The number of rotatable bonds is 12. The van der Waals surface area contributed by atoms with Gasteiger partial charge in [0.1, 0.15) is 35.9 Å². The van der Waals surface area contributed by atoms with Crippen molar-refractivity contribution in [2.24, 2.45) is 46.8 Å². The first-order valence-corrected chi connectivity index (χ1v) is 29.8. The van der Waals surface area contributed by atoms with Gasteiger partial charge in [0.05, 0.1) is 73.6 Å². The van der Waals surface area contributed by atoms with Crippen LogP contribution in [0.25, 0.3) is 0 Å². The molecule has 4 aliphatic carbocycles. The maximum absolute atomic E-state index is 15.5. The molecule has 27 atom stereocenters. The van der Waals surface area contributed by atoms with Crippen LogP contribution >= 0.6 is 0 Å². The number of allylic oxidation sites excluding steroid dienone is 4. The Balaban J connectivity index is 1.01. The summed E-state index contributed by atoms with van der Waals surface area (Å²) in [6.07, 6.45) is -2.99. The van der Waals surface area contributed by atoms with Gasteiger partial charge in [0, 0.05) is 62.4 Å². The van der Waals surface area contributed by atoms with E-state index in [1.807, 2.05) is 26.0 Å². The predicted molar refractivity (Wildman–Crippen MR) is 297 cm³/mol. The van der Waals surface area contributed by atoms with Gasteiger partial charge in [-0.1, -0.05) is 63.6 Å². The molecular weight excluding hydrogens is 1100 g/mol. The third kappa shape index (κ3) is 11.9. The Hall–Kier alpha value is -4.02. The van der Waals surface area contributed by atoms with Crippen molar-refractivity contribution < 1.29 is 96.9 Å². The Morgan fingerprint density at radius 3 is 2.01 bits per heavy atom. The highest BCUT2D eigenvalue weighted by Gasteiger charge is 2.64. The third-order valence-corrected chi connectivity index (χ3v) is 20.2. The van der Waals surface area contributed by atoms with Gasteiger partial charge in [-0.2, -0.15) is 0 Å². The molecule has 9 rings (SSSR count). The van der Waals surface area contributed by atoms with Gasteiger partial charge in [0.2, 0.25) is 5.78 Å². The van der Waals surface area contributed by atoms with Crippen molar-refractivity contribution in [2.45, 2.75) is 237 Å². The van der Waals surface area contributed by atoms with Crippen molar-refractivity contribution in [1.82, 2.24) is 10.5 Å². The number of amides is 1. The van der Waals surface area contributed by atoms with Crippen LogP contribution in [0.15, 0.2) is 58.4 Å². The lowest BCUT2D eigenvalue weighted by Crippen LogP contribution is -2.67. The highest BCUT2D eigenvalue weighted by Crippen LogP contribution is 2.61. The summed E-state index contributed by atoms with van der Waals surface area (Å²) in [5.41, 5.74) is -3.59. The van der Waals surface area contributed by atoms with Gasteiger partial charge < -0.3 is 88.3 Å². The summed E-state index contributed by atoms with van der Waals surface area (Å²) in [7, 11) is 2.68. The van der Waals surface area contributed by atoms with E-state index in [9.17, 15) is 45.2 Å². The molecule has 470 valence electrons. The van der Waals surface area contributed by atoms with Gasteiger partial charge in [0.25, 0.3) is 0 Å². The molecule has 1 amide bonds. The molecule has 6 N–H and O–H groups in total. The number of esters is 1. The maximum atomic E-state index is 15.5. The number of ketones is 1. The van der Waals surface area contributed by atoms with E-state index in [1.165, 1.54) is 21.1 Å². The van der Waals surface area contributed by atoms with Gasteiger partial charge in [-0.3, -0.25) is 14.8 Å². The normalized spacial score (nSPS) is 47.3. The van der Waals surface area contributed by atoms with E-state index in [1.54, 1.807) is 53.7 Å². The number of fused-ring (bicyclic) bond motifs is 4. The third-order valence-electron chi connectivity index (χ3n) is 20.2. The van der Waals surface area contributed by atoms with Crippen molar-refractivity contribution in [3.8, 4) is 0 Å². The maximum Gasteiger partial charge on any atom is 0.407 e. The lowest BCUT2D eigenvalue weighted by molar-refractivity contribution is -0.335. The van der Waals surface area contributed by atoms with E-state index in [2.05, 4.69) is 25.2 Å². The lowest BCUT2D eigenvalue weighted by Gasteiger charge is -2.56. The molecule has 0 radical (unpaired) electrons. The molecule has 84 heavy (non-hydrogen) atoms. The number of carbonyl (C=O) groups excluding carboxylic acids is 4. The van der Waals surface area contributed by atoms with E-state index in [-0.39, 0.29) is 55.6 Å². The minimum absolute atomic E-state index is 0.0120. The monoisotopic (exact) mass is 1190 g/mol. The number of hydrogen-bond acceptors (Lipinski definition) is 22. The number of hydroxylamine groups is 2. The van der Waals surface area contributed by atoms with Crippen molar-refractivity contribution in [2.75, 3.05) is 14.2 Å². The second-order valence-corrected chi connectivity index (χ2v) is 25.8. The molecule has 23 nitrogen and oxygen atoms in total. The fraction of sp³-hybridized carbons (Fsp3) is 0.770. The number of nitrogens with zero attached hydrogens (tertiary/aromatic N) is 1. The zero-order valence-corrected chi connectivity index (χ0v) is 50.5. The summed E-state index contributed by atoms with van der Waals surface area (Å²) in [6.45, 7) is 19.9. The molecule has 5 saturated heterocycles. The summed E-state index contributed by atoms with van der Waals surface area (Å²) in [4.78, 5) is 55.3. The Kier molecular flexibility index (Phi) is 19.4. The first-order chi connectivity index (χ1) is 39.6. The molecule has 2 bridgehead atoms. The van der Waals surface area contributed by atoms with E-state index in [0.717, 1.165) is 11.9 Å². The van der Waals surface area contributed by atoms with Crippen LogP contribution in [-0.4, -0.2) is 185 Å². The van der Waals surface area contributed by atoms with Gasteiger partial charge in [0.15, 0.2) is 30.8 Å². The number of methoxy groups -OCH3 is 2. The number of Topliss-reactive ketones (excluding diaryl/α,β-unsaturated/α-hetero) is 1. The molecule has 0 aromatic heterocycles. The Labute approximate surface area is 491 Å². The van der Waals surface area contributed by atoms with Crippen molar-refractivity contribution in [1.29, 1.82) is 0 Å². The van der Waals surface area contributed by atoms with Gasteiger partial charge >= 0.3 is 12.1 Å². The second kappa shape index (κ2) is 25.2. The van der Waals surface area contributed by atoms with Crippen LogP contribution in [0.5, 0.6) is 0 Å². The molecule has 1 spiro atoms. The molecule has 9 aliphatic rings. The molecular formula is C61H89N2O21-. The Morgan fingerprint density at radius 2 is 1.38 bits per heavy atom. The van der Waals surface area contributed by atoms with Crippen LogP contribution in [0.4, 0.5) is 4.79 Å². The topological polar surface area (TPSA) is 309 Å². The number of alkyl carbamates (subject to hydrolysis) is 1. The van der Waals surface area contributed by atoms with Crippen LogP contribution in [0, 0.1) is 52.0 Å². The van der Waals surface area contributed by atoms with Crippen molar-refractivity contribution in [3.63, 3.8) is 0 Å². The zero-order valence-electron chi connectivity index (χ0n) is 50.5. The Bertz CT molecular complexity index is 2580. The number of hydrogen-bond donors (Lipinski definition) is 6. The van der Waals surface area contributed by atoms with E-state index < -0.39 is 180 Å². The van der Waals surface area contributed by atoms with Crippen LogP contribution in [-0.2, 0) is 66.5 Å². The molecule has 6 fully saturated rings. The summed E-state index contributed by atoms with van der Waals surface area (Å²) in [5, 5.41) is 72.8. The zero-order chi connectivity index (χ0) is 61.2. The average molecular weight is 1190 g/mol. The van der Waals surface area contributed by atoms with Crippen LogP contribution in [0.1, 0.15) is 121 Å². The minimum atomic E-state index is -1.86. The predicted octanol–water partition coefficient (Wildman–Crippen LogP) is 5.69. The van der Waals surface area contributed by atoms with Crippen LogP contribution in [0.2, 0.25) is 0 Å². The number of aliphatic hydroxyl groups excluding tert-OH is 4. The highest BCUT2D eigenvalue weighted by molar-refractivity contribution is 6.26. The average Bonchev–Trinajstić information content (AvgIpc) is 2.80. The number of ether oxygens (including phenoxy) is 11. The number of aliphatic hydroxyl groups is 4. The van der Waals surface area contributed by atoms with Crippen LogP contribution < -0.4 is 5.32 Å². The van der Waals surface area contributed by atoms with E-state index >= 15 is 4.79 Å². The minimum Gasteiger partial charge on any atom is -0.762 e. The van der Waals surface area contributed by atoms with Gasteiger partial charge in [-0.15, -0.1) is 0 Å². The molecule has 2 unspecified atom stereocenters. The van der Waals surface area contributed by atoms with Crippen LogP contribution in [0.3, 0.4) is 0 Å². The standard InChI is InChI=1S/C61H89N2O21/c1-27-14-17-42(80-47-25-59(10,63(72)73)54(35(9)79-47)62-58(71)75-13)28(2)19-37-20-36(26-64)31(5)24-61(37)56(69)48(57(70)84-61)55(68)60(11)39(27)16-15-38-49(60)29(3)18-30(4)51(38)82-46-23-43(50(67)32(6)76-46)81-44-22-41(66)53(34(8)78-44)83-45-21-40(65)52(74-12)33(7)77-45/h14-16,19-20,26,29-35,37-47,49-54,65-68,72H,17-18,21-25H2,1-13H3,(H,62,71)/q-1/t29-,30-,31+,32+,33+,34+,35+,37-,38-,39-,40-,41-,42?,43-,44-,45-,46-,47+,49+,50+,51-,52+,53+,54-,59-,60+,61?/m1/s1. The molecule has 23 heteroatoms. The summed E-state index contributed by atoms with van der Waals surface area (Å²) in [6, 6.07) is -1.03. The first-order valence-electron chi connectivity index (χ1n) is 29.8. The highest BCUT2D eigenvalue weighted by atomic mass is 16.8. The summed E-state index contributed by atoms with van der Waals surface area (Å²) >= 11 is 0. The fourth-order valence-corrected chi connectivity index (χ4v) is 15.7. The number of carbonyl (C=O) groups is 4. The lowest BCUT2D eigenvalue weighted by atomic mass is 9.49. The molecule has 5 aliphatic heterocycles. The number of nitrogens with one attached hydrogen (secondary N) is 1. The van der Waals surface area contributed by atoms with Crippen molar-refractivity contribution >= 4 is 24.1 Å². The molecule has 1 saturated carbocycles. The number of aldehydes is 1. The smallest absolute Gasteiger partial charge is 0.407 e. The van der Waals surface area contributed by atoms with Crippen molar-refractivity contribution in [3.05, 3.63) is 63.6 Å². The van der Waals surface area contributed by atoms with E-state index in [4.69, 9.17) is 52.1 Å².